The lowest BCUT2D eigenvalue weighted by molar-refractivity contribution is -0.115. The van der Waals surface area contributed by atoms with Crippen molar-refractivity contribution in [1.29, 1.82) is 0 Å². The summed E-state index contributed by atoms with van der Waals surface area (Å²) in [5, 5.41) is 2.82. The van der Waals surface area contributed by atoms with E-state index in [2.05, 4.69) is 37.2 Å². The molecule has 2 aliphatic rings. The van der Waals surface area contributed by atoms with Crippen LogP contribution >= 0.6 is 15.9 Å². The van der Waals surface area contributed by atoms with E-state index in [4.69, 9.17) is 0 Å². The molecule has 1 atom stereocenters. The zero-order valence-electron chi connectivity index (χ0n) is 10.3. The molecule has 96 valence electrons. The second-order valence-electron chi connectivity index (χ2n) is 5.04. The lowest BCUT2D eigenvalue weighted by Gasteiger charge is -2.11. The highest BCUT2D eigenvalue weighted by Gasteiger charge is 2.33. The molecule has 0 spiro atoms. The molecule has 1 N–H and O–H groups in total. The number of pyridine rings is 1. The maximum Gasteiger partial charge on any atom is 0.239 e. The maximum absolute atomic E-state index is 11.6. The van der Waals surface area contributed by atoms with Gasteiger partial charge in [-0.25, -0.2) is 4.98 Å². The number of aromatic nitrogens is 1. The summed E-state index contributed by atoms with van der Waals surface area (Å²) in [5.41, 5.74) is 2.41. The van der Waals surface area contributed by atoms with Gasteiger partial charge in [0.25, 0.3) is 0 Å². The quantitative estimate of drug-likeness (QED) is 0.871. The largest absolute Gasteiger partial charge is 0.310 e. The third-order valence-corrected chi connectivity index (χ3v) is 3.89. The van der Waals surface area contributed by atoms with Gasteiger partial charge in [-0.2, -0.15) is 0 Å². The van der Waals surface area contributed by atoms with E-state index in [0.29, 0.717) is 5.82 Å². The van der Waals surface area contributed by atoms with Gasteiger partial charge in [-0.05, 0) is 31.4 Å². The molecule has 0 saturated heterocycles. The van der Waals surface area contributed by atoms with Crippen molar-refractivity contribution in [2.24, 2.45) is 0 Å². The van der Waals surface area contributed by atoms with E-state index in [1.165, 1.54) is 18.4 Å². The van der Waals surface area contributed by atoms with Crippen molar-refractivity contribution in [1.82, 2.24) is 9.88 Å². The standard InChI is InChI=1S/C13H16BrN3O/c1-8(14)13(18)16-12-5-2-9-6-17(10-3-4-10)7-11(9)15-12/h2,5,8,10H,3-4,6-7H2,1H3,(H,15,16,18). The number of rotatable bonds is 3. The Hall–Kier alpha value is -0.940. The number of carbonyl (C=O) groups excluding carboxylic acids is 1. The third-order valence-electron chi connectivity index (χ3n) is 3.47. The van der Waals surface area contributed by atoms with Gasteiger partial charge in [0.1, 0.15) is 5.82 Å². The predicted octanol–water partition coefficient (Wildman–Crippen LogP) is 2.28. The molecule has 1 aliphatic heterocycles. The SMILES string of the molecule is CC(Br)C(=O)Nc1ccc2c(n1)CN(C1CC1)C2. The van der Waals surface area contributed by atoms with Gasteiger partial charge in [0.05, 0.1) is 10.5 Å². The van der Waals surface area contributed by atoms with Gasteiger partial charge < -0.3 is 5.32 Å². The summed E-state index contributed by atoms with van der Waals surface area (Å²) >= 11 is 3.25. The Kier molecular flexibility index (Phi) is 3.11. The first-order valence-corrected chi connectivity index (χ1v) is 7.23. The van der Waals surface area contributed by atoms with Crippen molar-refractivity contribution in [2.75, 3.05) is 5.32 Å². The number of anilines is 1. The number of nitrogens with one attached hydrogen (secondary N) is 1. The van der Waals surface area contributed by atoms with Crippen LogP contribution in [0.25, 0.3) is 0 Å². The maximum atomic E-state index is 11.6. The summed E-state index contributed by atoms with van der Waals surface area (Å²) < 4.78 is 0. The van der Waals surface area contributed by atoms with E-state index >= 15 is 0 Å². The highest BCUT2D eigenvalue weighted by atomic mass is 79.9. The summed E-state index contributed by atoms with van der Waals surface area (Å²) in [6, 6.07) is 4.74. The molecule has 1 amide bonds. The van der Waals surface area contributed by atoms with Crippen molar-refractivity contribution < 1.29 is 4.79 Å². The van der Waals surface area contributed by atoms with Crippen LogP contribution in [-0.4, -0.2) is 26.7 Å². The van der Waals surface area contributed by atoms with Crippen LogP contribution in [-0.2, 0) is 17.9 Å². The van der Waals surface area contributed by atoms with E-state index in [1.54, 1.807) is 6.92 Å². The number of alkyl halides is 1. The average molecular weight is 310 g/mol. The first-order valence-electron chi connectivity index (χ1n) is 6.31. The normalized spacial score (nSPS) is 20.6. The first-order chi connectivity index (χ1) is 8.63. The third kappa shape index (κ3) is 2.42. The zero-order valence-corrected chi connectivity index (χ0v) is 11.9. The molecule has 3 rings (SSSR count). The van der Waals surface area contributed by atoms with Gasteiger partial charge in [-0.15, -0.1) is 0 Å². The number of fused-ring (bicyclic) bond motifs is 1. The van der Waals surface area contributed by atoms with Crippen LogP contribution in [0.5, 0.6) is 0 Å². The van der Waals surface area contributed by atoms with Crippen molar-refractivity contribution in [3.05, 3.63) is 23.4 Å². The van der Waals surface area contributed by atoms with Crippen LogP contribution in [0, 0.1) is 0 Å². The topological polar surface area (TPSA) is 45.2 Å². The van der Waals surface area contributed by atoms with E-state index in [0.717, 1.165) is 24.8 Å². The lowest BCUT2D eigenvalue weighted by atomic mass is 10.2. The molecular weight excluding hydrogens is 294 g/mol. The van der Waals surface area contributed by atoms with Gasteiger partial charge in [0, 0.05) is 19.1 Å². The van der Waals surface area contributed by atoms with E-state index in [-0.39, 0.29) is 10.7 Å². The molecule has 4 nitrogen and oxygen atoms in total. The molecule has 0 aromatic carbocycles. The number of hydrogen-bond donors (Lipinski definition) is 1. The smallest absolute Gasteiger partial charge is 0.239 e. The Labute approximate surface area is 115 Å². The van der Waals surface area contributed by atoms with E-state index in [9.17, 15) is 4.79 Å². The summed E-state index contributed by atoms with van der Waals surface area (Å²) in [7, 11) is 0. The van der Waals surface area contributed by atoms with Crippen LogP contribution in [0.1, 0.15) is 31.0 Å². The Balaban J connectivity index is 1.72. The summed E-state index contributed by atoms with van der Waals surface area (Å²) in [4.78, 5) is 18.4. The van der Waals surface area contributed by atoms with E-state index in [1.807, 2.05) is 6.07 Å². The molecule has 1 aromatic heterocycles. The first kappa shape index (κ1) is 12.1. The van der Waals surface area contributed by atoms with Gasteiger partial charge in [0.2, 0.25) is 5.91 Å². The number of nitrogens with zero attached hydrogens (tertiary/aromatic N) is 2. The highest BCUT2D eigenvalue weighted by molar-refractivity contribution is 9.10. The molecule has 18 heavy (non-hydrogen) atoms. The van der Waals surface area contributed by atoms with Crippen molar-refractivity contribution in [3.8, 4) is 0 Å². The van der Waals surface area contributed by atoms with Crippen molar-refractivity contribution >= 4 is 27.7 Å². The molecule has 0 bridgehead atoms. The number of carbonyl (C=O) groups is 1. The Bertz CT molecular complexity index is 485. The molecule has 1 saturated carbocycles. The fourth-order valence-electron chi connectivity index (χ4n) is 2.27. The molecular formula is C13H16BrN3O. The summed E-state index contributed by atoms with van der Waals surface area (Å²) in [6.45, 7) is 3.74. The van der Waals surface area contributed by atoms with Crippen LogP contribution in [0.4, 0.5) is 5.82 Å². The van der Waals surface area contributed by atoms with Crippen LogP contribution in [0.2, 0.25) is 0 Å². The summed E-state index contributed by atoms with van der Waals surface area (Å²) in [6.07, 6.45) is 2.64. The molecule has 1 aromatic rings. The Morgan fingerprint density at radius 1 is 1.50 bits per heavy atom. The minimum Gasteiger partial charge on any atom is -0.310 e. The van der Waals surface area contributed by atoms with Crippen molar-refractivity contribution in [2.45, 2.75) is 43.7 Å². The van der Waals surface area contributed by atoms with Gasteiger partial charge >= 0.3 is 0 Å². The number of amides is 1. The van der Waals surface area contributed by atoms with E-state index < -0.39 is 0 Å². The highest BCUT2D eigenvalue weighted by Crippen LogP contribution is 2.34. The zero-order chi connectivity index (χ0) is 12.7. The Morgan fingerprint density at radius 3 is 2.94 bits per heavy atom. The molecule has 0 radical (unpaired) electrons. The van der Waals surface area contributed by atoms with Gasteiger partial charge in [-0.3, -0.25) is 9.69 Å². The monoisotopic (exact) mass is 309 g/mol. The summed E-state index contributed by atoms with van der Waals surface area (Å²) in [5.74, 6) is 0.599. The second-order valence-corrected chi connectivity index (χ2v) is 6.42. The molecule has 1 fully saturated rings. The fourth-order valence-corrected chi connectivity index (χ4v) is 2.39. The minimum absolute atomic E-state index is 0.0560. The molecule has 2 heterocycles. The predicted molar refractivity (Wildman–Crippen MR) is 73.5 cm³/mol. The van der Waals surface area contributed by atoms with Crippen LogP contribution in [0.15, 0.2) is 12.1 Å². The molecule has 5 heteroatoms. The average Bonchev–Trinajstić information content (AvgIpc) is 3.09. The number of hydrogen-bond acceptors (Lipinski definition) is 3. The lowest BCUT2D eigenvalue weighted by Crippen LogP contribution is -2.21. The number of halogens is 1. The molecule has 1 unspecified atom stereocenters. The van der Waals surface area contributed by atoms with Crippen LogP contribution in [0.3, 0.4) is 0 Å². The van der Waals surface area contributed by atoms with Gasteiger partial charge in [0.15, 0.2) is 0 Å². The fraction of sp³-hybridized carbons (Fsp3) is 0.538. The second kappa shape index (κ2) is 4.63. The van der Waals surface area contributed by atoms with Crippen LogP contribution < -0.4 is 5.32 Å². The minimum atomic E-state index is -0.199. The Morgan fingerprint density at radius 2 is 2.28 bits per heavy atom. The van der Waals surface area contributed by atoms with Gasteiger partial charge in [-0.1, -0.05) is 22.0 Å². The molecule has 1 aliphatic carbocycles. The van der Waals surface area contributed by atoms with Crippen molar-refractivity contribution in [3.63, 3.8) is 0 Å².